The number of benzene rings is 8. The van der Waals surface area contributed by atoms with E-state index in [1.165, 1.54) is 113 Å². The standard InChI is InChI=1S/C43H28.C5H10.C2H6.2CH4/c1-27-23-24-32(31-18-9-8-17-30(27)31)33-25-26-38-41-34(33)21-12-22-37(41)42-39(28-13-4-2-5-14-28)35-19-10-11-20-36(35)40(43(38)42)29-15-6-3-7-16-29;1-5-3-2-4-5;1-2;;/h2-26H,1H3;5H,2-4H2,1H3;1-2H3;2*1H4. The van der Waals surface area contributed by atoms with Crippen molar-refractivity contribution in [2.24, 2.45) is 5.92 Å². The minimum absolute atomic E-state index is 0. The Morgan fingerprint density at radius 3 is 1.31 bits per heavy atom. The summed E-state index contributed by atoms with van der Waals surface area (Å²) in [4.78, 5) is 0. The number of hydrogen-bond acceptors (Lipinski definition) is 0. The van der Waals surface area contributed by atoms with Gasteiger partial charge in [0.05, 0.1) is 0 Å². The zero-order chi connectivity index (χ0) is 34.2. The molecule has 0 nitrogen and oxygen atoms in total. The second kappa shape index (κ2) is 15.4. The molecule has 52 heavy (non-hydrogen) atoms. The average molecular weight is 677 g/mol. The molecule has 0 atom stereocenters. The van der Waals surface area contributed by atoms with Crippen LogP contribution in [0.15, 0.2) is 152 Å². The molecule has 0 saturated heterocycles. The van der Waals surface area contributed by atoms with E-state index < -0.39 is 0 Å². The SMILES string of the molecule is C.C.CC.CC1CCC1.Cc1ccc(-c2ccc3c4c(cccc24)-c2c-3c(-c3ccccc3)c3ccccc3c2-c2ccccc2)c2ccccc12. The molecule has 0 heteroatoms. The lowest BCUT2D eigenvalue weighted by Crippen LogP contribution is -2.04. The molecule has 8 aromatic rings. The van der Waals surface area contributed by atoms with Crippen molar-refractivity contribution in [1.29, 1.82) is 0 Å². The molecule has 2 aliphatic carbocycles. The summed E-state index contributed by atoms with van der Waals surface area (Å²) in [6.07, 6.45) is 4.46. The van der Waals surface area contributed by atoms with Crippen molar-refractivity contribution in [1.82, 2.24) is 0 Å². The third-order valence-corrected chi connectivity index (χ3v) is 10.7. The Kier molecular flexibility index (Phi) is 10.8. The van der Waals surface area contributed by atoms with Gasteiger partial charge in [-0.15, -0.1) is 0 Å². The minimum Gasteiger partial charge on any atom is -0.0776 e. The maximum absolute atomic E-state index is 2.39. The van der Waals surface area contributed by atoms with Crippen LogP contribution in [0.25, 0.3) is 88.0 Å². The predicted octanol–water partition coefficient (Wildman–Crippen LogP) is 16.2. The topological polar surface area (TPSA) is 0 Å². The van der Waals surface area contributed by atoms with Gasteiger partial charge < -0.3 is 0 Å². The van der Waals surface area contributed by atoms with Crippen molar-refractivity contribution < 1.29 is 0 Å². The van der Waals surface area contributed by atoms with Gasteiger partial charge in [0.25, 0.3) is 0 Å². The summed E-state index contributed by atoms with van der Waals surface area (Å²) in [6, 6.07) is 55.9. The molecule has 0 heterocycles. The molecule has 0 spiro atoms. The molecule has 0 aliphatic heterocycles. The molecule has 0 N–H and O–H groups in total. The van der Waals surface area contributed by atoms with Crippen LogP contribution in [0.4, 0.5) is 0 Å². The van der Waals surface area contributed by atoms with E-state index in [1.807, 2.05) is 13.8 Å². The molecular weight excluding hydrogens is 625 g/mol. The van der Waals surface area contributed by atoms with Crippen LogP contribution in [0.2, 0.25) is 0 Å². The van der Waals surface area contributed by atoms with Crippen molar-refractivity contribution in [3.05, 3.63) is 157 Å². The molecule has 10 rings (SSSR count). The van der Waals surface area contributed by atoms with Crippen molar-refractivity contribution in [2.45, 2.75) is 61.8 Å². The molecule has 1 saturated carbocycles. The summed E-state index contributed by atoms with van der Waals surface area (Å²) < 4.78 is 0. The molecule has 260 valence electrons. The van der Waals surface area contributed by atoms with Gasteiger partial charge in [0, 0.05) is 0 Å². The van der Waals surface area contributed by atoms with Crippen LogP contribution in [0, 0.1) is 12.8 Å². The van der Waals surface area contributed by atoms with Crippen LogP contribution in [0.5, 0.6) is 0 Å². The third kappa shape index (κ3) is 6.01. The Morgan fingerprint density at radius 1 is 0.385 bits per heavy atom. The largest absolute Gasteiger partial charge is 0.0776 e. The van der Waals surface area contributed by atoms with Gasteiger partial charge in [0.2, 0.25) is 0 Å². The van der Waals surface area contributed by atoms with E-state index in [9.17, 15) is 0 Å². The van der Waals surface area contributed by atoms with Crippen molar-refractivity contribution in [3.63, 3.8) is 0 Å². The lowest BCUT2D eigenvalue weighted by molar-refractivity contribution is 0.346. The predicted molar refractivity (Wildman–Crippen MR) is 232 cm³/mol. The normalized spacial score (nSPS) is 12.4. The van der Waals surface area contributed by atoms with Crippen LogP contribution >= 0.6 is 0 Å². The fourth-order valence-corrected chi connectivity index (χ4v) is 8.14. The Morgan fingerprint density at radius 2 is 0.788 bits per heavy atom. The van der Waals surface area contributed by atoms with Crippen LogP contribution in [0.3, 0.4) is 0 Å². The highest BCUT2D eigenvalue weighted by atomic mass is 14.3. The first-order valence-corrected chi connectivity index (χ1v) is 18.4. The molecule has 8 aromatic carbocycles. The highest BCUT2D eigenvalue weighted by molar-refractivity contribution is 6.29. The second-order valence-electron chi connectivity index (χ2n) is 13.7. The highest BCUT2D eigenvalue weighted by Gasteiger charge is 2.31. The Balaban J connectivity index is 0.000000472. The number of aryl methyl sites for hydroxylation is 1. The van der Waals surface area contributed by atoms with Crippen LogP contribution in [-0.2, 0) is 0 Å². The first-order chi connectivity index (χ1) is 24.7. The van der Waals surface area contributed by atoms with Gasteiger partial charge in [-0.2, -0.15) is 0 Å². The molecule has 0 radical (unpaired) electrons. The average Bonchev–Trinajstić information content (AvgIpc) is 3.50. The number of hydrogen-bond donors (Lipinski definition) is 0. The number of fused-ring (bicyclic) bond motifs is 5. The summed E-state index contributed by atoms with van der Waals surface area (Å²) in [6.45, 7) is 8.51. The third-order valence-electron chi connectivity index (χ3n) is 10.7. The summed E-state index contributed by atoms with van der Waals surface area (Å²) in [7, 11) is 0. The smallest absolute Gasteiger partial charge is 0.000741 e. The fourth-order valence-electron chi connectivity index (χ4n) is 8.14. The Labute approximate surface area is 311 Å². The summed E-state index contributed by atoms with van der Waals surface area (Å²) in [5.41, 5.74) is 14.4. The van der Waals surface area contributed by atoms with Crippen molar-refractivity contribution >= 4 is 32.3 Å². The van der Waals surface area contributed by atoms with Crippen LogP contribution < -0.4 is 0 Å². The molecule has 0 amide bonds. The zero-order valence-corrected chi connectivity index (χ0v) is 29.6. The first kappa shape index (κ1) is 36.3. The Bertz CT molecular complexity index is 2390. The quantitative estimate of drug-likeness (QED) is 0.175. The van der Waals surface area contributed by atoms with E-state index in [-0.39, 0.29) is 14.9 Å². The molecule has 1 fully saturated rings. The van der Waals surface area contributed by atoms with Crippen molar-refractivity contribution in [2.75, 3.05) is 0 Å². The lowest BCUT2D eigenvalue weighted by Gasteiger charge is -2.20. The molecule has 0 bridgehead atoms. The second-order valence-corrected chi connectivity index (χ2v) is 13.7. The van der Waals surface area contributed by atoms with Crippen molar-refractivity contribution in [3.8, 4) is 55.6 Å². The number of rotatable bonds is 3. The van der Waals surface area contributed by atoms with Gasteiger partial charge in [-0.05, 0) is 106 Å². The van der Waals surface area contributed by atoms with Gasteiger partial charge in [-0.1, -0.05) is 207 Å². The molecule has 0 unspecified atom stereocenters. The Hall–Kier alpha value is -5.46. The fraction of sp³-hybridized carbons (Fsp3) is 0.192. The van der Waals surface area contributed by atoms with Gasteiger partial charge in [0.1, 0.15) is 0 Å². The lowest BCUT2D eigenvalue weighted by atomic mass is 9.82. The molecule has 2 aliphatic rings. The maximum Gasteiger partial charge on any atom is -0.000741 e. The van der Waals surface area contributed by atoms with Crippen LogP contribution in [-0.4, -0.2) is 0 Å². The maximum atomic E-state index is 2.39. The van der Waals surface area contributed by atoms with E-state index in [1.54, 1.807) is 0 Å². The van der Waals surface area contributed by atoms with E-state index >= 15 is 0 Å². The molecular formula is C52H52. The monoisotopic (exact) mass is 676 g/mol. The van der Waals surface area contributed by atoms with E-state index in [2.05, 4.69) is 166 Å². The van der Waals surface area contributed by atoms with E-state index in [0.717, 1.165) is 5.92 Å². The summed E-state index contributed by atoms with van der Waals surface area (Å²) in [5, 5.41) is 7.86. The summed E-state index contributed by atoms with van der Waals surface area (Å²) >= 11 is 0. The van der Waals surface area contributed by atoms with Gasteiger partial charge in [0.15, 0.2) is 0 Å². The zero-order valence-electron chi connectivity index (χ0n) is 29.6. The van der Waals surface area contributed by atoms with E-state index in [0.29, 0.717) is 0 Å². The van der Waals surface area contributed by atoms with Crippen LogP contribution in [0.1, 0.15) is 60.5 Å². The van der Waals surface area contributed by atoms with Gasteiger partial charge in [-0.25, -0.2) is 0 Å². The van der Waals surface area contributed by atoms with E-state index in [4.69, 9.17) is 0 Å². The molecule has 0 aromatic heterocycles. The highest BCUT2D eigenvalue weighted by Crippen LogP contribution is 2.58. The first-order valence-electron chi connectivity index (χ1n) is 18.4. The van der Waals surface area contributed by atoms with Gasteiger partial charge >= 0.3 is 0 Å². The minimum atomic E-state index is 0. The summed E-state index contributed by atoms with van der Waals surface area (Å²) in [5.74, 6) is 1.06. The van der Waals surface area contributed by atoms with Gasteiger partial charge in [-0.3, -0.25) is 0 Å².